The highest BCUT2D eigenvalue weighted by molar-refractivity contribution is 7.99. The Labute approximate surface area is 133 Å². The Morgan fingerprint density at radius 2 is 2.14 bits per heavy atom. The molecule has 3 atom stereocenters. The number of hydrogen-bond donors (Lipinski definition) is 1. The van der Waals surface area contributed by atoms with Crippen molar-refractivity contribution in [1.29, 1.82) is 0 Å². The molecule has 3 aliphatic rings. The van der Waals surface area contributed by atoms with Gasteiger partial charge in [0.2, 0.25) is 0 Å². The average Bonchev–Trinajstić information content (AvgIpc) is 2.97. The normalized spacial score (nSPS) is 37.1. The van der Waals surface area contributed by atoms with Crippen LogP contribution in [0.2, 0.25) is 0 Å². The van der Waals surface area contributed by atoms with Gasteiger partial charge in [-0.1, -0.05) is 6.92 Å². The van der Waals surface area contributed by atoms with Crippen molar-refractivity contribution in [3.05, 3.63) is 0 Å². The van der Waals surface area contributed by atoms with Gasteiger partial charge in [-0.25, -0.2) is 0 Å². The number of hydrogen-bond acceptors (Lipinski definition) is 5. The summed E-state index contributed by atoms with van der Waals surface area (Å²) in [4.78, 5) is 5.32. The van der Waals surface area contributed by atoms with Crippen LogP contribution >= 0.6 is 11.8 Å². The minimum absolute atomic E-state index is 0.216. The van der Waals surface area contributed by atoms with Gasteiger partial charge >= 0.3 is 0 Å². The highest BCUT2D eigenvalue weighted by Crippen LogP contribution is 2.39. The van der Waals surface area contributed by atoms with E-state index in [9.17, 15) is 0 Å². The Morgan fingerprint density at radius 3 is 2.76 bits per heavy atom. The van der Waals surface area contributed by atoms with Crippen molar-refractivity contribution >= 4 is 11.8 Å². The third-order valence-electron chi connectivity index (χ3n) is 5.66. The first-order valence-corrected chi connectivity index (χ1v) is 9.82. The summed E-state index contributed by atoms with van der Waals surface area (Å²) in [6.45, 7) is 8.82. The predicted molar refractivity (Wildman–Crippen MR) is 89.9 cm³/mol. The van der Waals surface area contributed by atoms with Crippen molar-refractivity contribution in [1.82, 2.24) is 9.80 Å². The van der Waals surface area contributed by atoms with E-state index in [0.29, 0.717) is 6.04 Å². The number of thioether (sulfide) groups is 1. The first-order chi connectivity index (χ1) is 10.3. The van der Waals surface area contributed by atoms with Gasteiger partial charge in [0.15, 0.2) is 0 Å². The summed E-state index contributed by atoms with van der Waals surface area (Å²) in [6.07, 6.45) is 4.92. The third kappa shape index (κ3) is 3.58. The highest BCUT2D eigenvalue weighted by Gasteiger charge is 2.42. The Morgan fingerprint density at radius 1 is 1.33 bits per heavy atom. The van der Waals surface area contributed by atoms with Crippen LogP contribution in [0.1, 0.15) is 32.6 Å². The van der Waals surface area contributed by atoms with Gasteiger partial charge in [0.05, 0.1) is 5.60 Å². The molecule has 3 heterocycles. The van der Waals surface area contributed by atoms with Crippen LogP contribution in [0.5, 0.6) is 0 Å². The fraction of sp³-hybridized carbons (Fsp3) is 1.00. The fourth-order valence-corrected chi connectivity index (χ4v) is 5.60. The molecule has 0 aliphatic carbocycles. The Bertz CT molecular complexity index is 323. The third-order valence-corrected chi connectivity index (χ3v) is 6.88. The van der Waals surface area contributed by atoms with E-state index in [1.54, 1.807) is 0 Å². The van der Waals surface area contributed by atoms with E-state index in [1.165, 1.54) is 63.4 Å². The lowest BCUT2D eigenvalue weighted by Gasteiger charge is -2.46. The largest absolute Gasteiger partial charge is 0.374 e. The van der Waals surface area contributed by atoms with Crippen LogP contribution in [0.3, 0.4) is 0 Å². The summed E-state index contributed by atoms with van der Waals surface area (Å²) in [5, 5.41) is 0. The molecule has 3 unspecified atom stereocenters. The van der Waals surface area contributed by atoms with E-state index < -0.39 is 0 Å². The highest BCUT2D eigenvalue weighted by atomic mass is 32.2. The summed E-state index contributed by atoms with van der Waals surface area (Å²) >= 11 is 2.07. The first-order valence-electron chi connectivity index (χ1n) is 8.66. The van der Waals surface area contributed by atoms with Crippen molar-refractivity contribution in [2.45, 2.75) is 50.3 Å². The molecule has 0 aromatic rings. The second kappa shape index (κ2) is 7.18. The van der Waals surface area contributed by atoms with Crippen molar-refractivity contribution in [3.8, 4) is 0 Å². The van der Waals surface area contributed by atoms with Crippen molar-refractivity contribution in [2.24, 2.45) is 5.73 Å². The number of nitrogens with two attached hydrogens (primary N) is 1. The SMILES string of the molecule is CCC(CN)N1CCN(C2CCOC3(CCSC3)C2)CC1. The smallest absolute Gasteiger partial charge is 0.0795 e. The van der Waals surface area contributed by atoms with E-state index in [1.807, 2.05) is 0 Å². The lowest BCUT2D eigenvalue weighted by Crippen LogP contribution is -2.57. The predicted octanol–water partition coefficient (Wildman–Crippen LogP) is 1.40. The molecule has 1 spiro atoms. The standard InChI is InChI=1S/C16H31N3OS/c1-2-14(12-17)18-5-7-19(8-6-18)15-3-9-20-16(11-15)4-10-21-13-16/h14-15H,2-13,17H2,1H3. The minimum atomic E-state index is 0.216. The van der Waals surface area contributed by atoms with Crippen LogP contribution in [0.15, 0.2) is 0 Å². The summed E-state index contributed by atoms with van der Waals surface area (Å²) in [5.74, 6) is 2.50. The van der Waals surface area contributed by atoms with Crippen molar-refractivity contribution in [2.75, 3.05) is 50.8 Å². The molecule has 3 aliphatic heterocycles. The number of ether oxygens (including phenoxy) is 1. The van der Waals surface area contributed by atoms with Gasteiger partial charge in [0, 0.05) is 57.2 Å². The maximum absolute atomic E-state index is 6.17. The lowest BCUT2D eigenvalue weighted by atomic mass is 9.88. The average molecular weight is 314 g/mol. The Balaban J connectivity index is 1.52. The van der Waals surface area contributed by atoms with Crippen LogP contribution in [0, 0.1) is 0 Å². The molecule has 21 heavy (non-hydrogen) atoms. The minimum Gasteiger partial charge on any atom is -0.374 e. The topological polar surface area (TPSA) is 41.7 Å². The van der Waals surface area contributed by atoms with E-state index in [4.69, 9.17) is 10.5 Å². The molecule has 2 N–H and O–H groups in total. The monoisotopic (exact) mass is 313 g/mol. The van der Waals surface area contributed by atoms with Gasteiger partial charge in [-0.05, 0) is 31.4 Å². The molecular weight excluding hydrogens is 282 g/mol. The number of rotatable bonds is 4. The zero-order chi connectivity index (χ0) is 14.7. The number of piperazine rings is 1. The lowest BCUT2D eigenvalue weighted by molar-refractivity contribution is -0.0950. The molecule has 0 radical (unpaired) electrons. The van der Waals surface area contributed by atoms with E-state index in [2.05, 4.69) is 28.5 Å². The molecule has 0 amide bonds. The Kier molecular flexibility index (Phi) is 5.49. The van der Waals surface area contributed by atoms with Crippen LogP contribution in [-0.2, 0) is 4.74 Å². The van der Waals surface area contributed by atoms with Crippen LogP contribution in [0.25, 0.3) is 0 Å². The molecular formula is C16H31N3OS. The van der Waals surface area contributed by atoms with E-state index >= 15 is 0 Å². The second-order valence-electron chi connectivity index (χ2n) is 6.85. The van der Waals surface area contributed by atoms with Crippen LogP contribution in [-0.4, -0.2) is 78.3 Å². The maximum atomic E-state index is 6.17. The van der Waals surface area contributed by atoms with Gasteiger partial charge < -0.3 is 10.5 Å². The summed E-state index contributed by atoms with van der Waals surface area (Å²) in [7, 11) is 0. The fourth-order valence-electron chi connectivity index (χ4n) is 4.22. The van der Waals surface area contributed by atoms with E-state index in [0.717, 1.165) is 19.2 Å². The zero-order valence-electron chi connectivity index (χ0n) is 13.4. The molecule has 3 fully saturated rings. The van der Waals surface area contributed by atoms with Gasteiger partial charge in [0.25, 0.3) is 0 Å². The van der Waals surface area contributed by atoms with Crippen LogP contribution < -0.4 is 5.73 Å². The molecule has 0 saturated carbocycles. The van der Waals surface area contributed by atoms with Crippen LogP contribution in [0.4, 0.5) is 0 Å². The van der Waals surface area contributed by atoms with Crippen molar-refractivity contribution in [3.63, 3.8) is 0 Å². The van der Waals surface area contributed by atoms with E-state index in [-0.39, 0.29) is 5.60 Å². The molecule has 0 aromatic carbocycles. The second-order valence-corrected chi connectivity index (χ2v) is 7.96. The van der Waals surface area contributed by atoms with Crippen molar-refractivity contribution < 1.29 is 4.74 Å². The van der Waals surface area contributed by atoms with Gasteiger partial charge in [-0.2, -0.15) is 11.8 Å². The zero-order valence-corrected chi connectivity index (χ0v) is 14.2. The van der Waals surface area contributed by atoms with Gasteiger partial charge in [0.1, 0.15) is 0 Å². The molecule has 3 rings (SSSR count). The Hall–Kier alpha value is 0.190. The molecule has 4 nitrogen and oxygen atoms in total. The quantitative estimate of drug-likeness (QED) is 0.850. The molecule has 122 valence electrons. The first kappa shape index (κ1) is 16.1. The summed E-state index contributed by atoms with van der Waals surface area (Å²) in [5.41, 5.74) is 6.11. The van der Waals surface area contributed by atoms with Gasteiger partial charge in [-0.3, -0.25) is 9.80 Å². The molecule has 3 saturated heterocycles. The van der Waals surface area contributed by atoms with Gasteiger partial charge in [-0.15, -0.1) is 0 Å². The summed E-state index contributed by atoms with van der Waals surface area (Å²) < 4.78 is 6.17. The summed E-state index contributed by atoms with van der Waals surface area (Å²) in [6, 6.07) is 1.33. The number of nitrogens with zero attached hydrogens (tertiary/aromatic N) is 2. The molecule has 0 bridgehead atoms. The maximum Gasteiger partial charge on any atom is 0.0795 e. The molecule has 5 heteroatoms. The molecule has 0 aromatic heterocycles.